The number of nitrogens with zero attached hydrogens (tertiary/aromatic N) is 8. The second kappa shape index (κ2) is 33.4. The fourth-order valence-electron chi connectivity index (χ4n) is 13.7. The Bertz CT molecular complexity index is 3440. The van der Waals surface area contributed by atoms with Crippen LogP contribution in [0.1, 0.15) is 93.9 Å². The number of aromatic hydroxyl groups is 1. The van der Waals surface area contributed by atoms with E-state index in [1.807, 2.05) is 59.2 Å². The van der Waals surface area contributed by atoms with Crippen molar-refractivity contribution in [3.63, 3.8) is 0 Å². The Hall–Kier alpha value is -7.02. The average molecular weight is 1300 g/mol. The van der Waals surface area contributed by atoms with Crippen LogP contribution in [0.15, 0.2) is 90.8 Å². The summed E-state index contributed by atoms with van der Waals surface area (Å²) in [7, 11) is 1.77. The Morgan fingerprint density at radius 2 is 1.41 bits per heavy atom. The van der Waals surface area contributed by atoms with Gasteiger partial charge >= 0.3 is 6.01 Å². The minimum absolute atomic E-state index is 0.0156. The molecule has 4 fully saturated rings. The summed E-state index contributed by atoms with van der Waals surface area (Å²) in [5.74, 6) is 1.84. The number of hydrogen-bond acceptors (Lipinski definition) is 19. The minimum atomic E-state index is -0.531. The van der Waals surface area contributed by atoms with Crippen LogP contribution in [0.25, 0.3) is 32.8 Å². The molecule has 0 bridgehead atoms. The highest BCUT2D eigenvalue weighted by Gasteiger charge is 2.40. The molecular weight excluding hydrogens is 1200 g/mol. The molecule has 0 spiro atoms. The van der Waals surface area contributed by atoms with Gasteiger partial charge in [-0.1, -0.05) is 74.4 Å². The number of aromatic nitrogens is 3. The van der Waals surface area contributed by atoms with Crippen LogP contribution in [0.5, 0.6) is 17.5 Å². The molecule has 3 saturated heterocycles. The minimum Gasteiger partial charge on any atom is -0.508 e. The van der Waals surface area contributed by atoms with E-state index in [2.05, 4.69) is 68.5 Å². The van der Waals surface area contributed by atoms with Gasteiger partial charge in [-0.05, 0) is 107 Å². The standard InChI is InChI=1S/C71H94N10O11S/c1-5-65(83)78-30-32-79(33-31-78)67-59-25-29-80(63-45-53(82)44-52-16-9-10-17-55(52)63)47-60(59)74-71(76-67)92-49(2)46-77-27-23-54(24-28-77)90-42-40-88-38-36-86-34-35-87-37-39-89-41-43-91-64-22-21-57(56-18-11-12-19-58(56)64)61-48-93-69(73-61)62-20-13-26-81(62)70(85)66(51-14-7-6-8-15-51)75-68(84)50(3)72-4/h5,9-12,16-19,21-22,44-45,48-51,54,62,66,72,82H,1,6-8,13-15,20,23-43,46-47H2,2-4H3,(H,75,84)/t49-,50+,62+,66+/m1/s1. The Balaban J connectivity index is 0.541. The van der Waals surface area contributed by atoms with Crippen molar-refractivity contribution in [3.05, 3.63) is 107 Å². The smallest absolute Gasteiger partial charge is 0.318 e. The summed E-state index contributed by atoms with van der Waals surface area (Å²) in [6.45, 7) is 19.1. The molecule has 3 amide bonds. The van der Waals surface area contributed by atoms with Crippen LogP contribution >= 0.6 is 11.3 Å². The maximum atomic E-state index is 14.4. The second-order valence-corrected chi connectivity index (χ2v) is 25.9. The number of benzene rings is 4. The summed E-state index contributed by atoms with van der Waals surface area (Å²) < 4.78 is 42.2. The summed E-state index contributed by atoms with van der Waals surface area (Å²) in [5, 5.41) is 24.0. The number of thiazole rings is 1. The van der Waals surface area contributed by atoms with Crippen molar-refractivity contribution in [2.75, 3.05) is 142 Å². The van der Waals surface area contributed by atoms with Gasteiger partial charge in [0.15, 0.2) is 0 Å². The fraction of sp³-hybridized carbons (Fsp3) is 0.549. The Kier molecular flexibility index (Phi) is 24.2. The molecular formula is C71H94N10O11S. The lowest BCUT2D eigenvalue weighted by molar-refractivity contribution is -0.139. The first-order valence-corrected chi connectivity index (χ1v) is 34.6. The number of hydrogen-bond donors (Lipinski definition) is 3. The average Bonchev–Trinajstić information content (AvgIpc) is 1.77. The first kappa shape index (κ1) is 67.4. The fourth-order valence-corrected chi connectivity index (χ4v) is 14.7. The van der Waals surface area contributed by atoms with Crippen molar-refractivity contribution in [2.24, 2.45) is 5.92 Å². The number of likely N-dealkylation sites (N-methyl/N-ethyl adjacent to an activating group) is 1. The molecule has 3 N–H and O–H groups in total. The highest BCUT2D eigenvalue weighted by Crippen LogP contribution is 2.41. The van der Waals surface area contributed by atoms with Crippen LogP contribution in [0, 0.1) is 5.92 Å². The first-order chi connectivity index (χ1) is 45.5. The molecule has 4 aromatic carbocycles. The van der Waals surface area contributed by atoms with E-state index in [9.17, 15) is 19.5 Å². The number of amides is 3. The Labute approximate surface area is 551 Å². The molecule has 4 aliphatic heterocycles. The van der Waals surface area contributed by atoms with Gasteiger partial charge < -0.3 is 68.5 Å². The number of anilines is 2. The van der Waals surface area contributed by atoms with Crippen LogP contribution in [-0.4, -0.2) is 209 Å². The van der Waals surface area contributed by atoms with E-state index in [4.69, 9.17) is 48.1 Å². The summed E-state index contributed by atoms with van der Waals surface area (Å²) in [4.78, 5) is 66.0. The predicted octanol–water partition coefficient (Wildman–Crippen LogP) is 8.74. The van der Waals surface area contributed by atoms with Crippen LogP contribution in [0.3, 0.4) is 0 Å². The van der Waals surface area contributed by atoms with Gasteiger partial charge in [-0.15, -0.1) is 11.3 Å². The number of rotatable bonds is 31. The molecule has 11 rings (SSSR count). The van der Waals surface area contributed by atoms with Crippen molar-refractivity contribution in [2.45, 2.75) is 115 Å². The van der Waals surface area contributed by atoms with Gasteiger partial charge in [0.1, 0.15) is 41.1 Å². The molecule has 4 atom stereocenters. The van der Waals surface area contributed by atoms with Crippen molar-refractivity contribution in [3.8, 4) is 28.8 Å². The monoisotopic (exact) mass is 1290 g/mol. The van der Waals surface area contributed by atoms with Crippen molar-refractivity contribution < 1.29 is 52.6 Å². The third-order valence-electron chi connectivity index (χ3n) is 18.8. The molecule has 1 saturated carbocycles. The maximum Gasteiger partial charge on any atom is 0.318 e. The number of ether oxygens (including phenoxy) is 7. The zero-order valence-corrected chi connectivity index (χ0v) is 55.3. The lowest BCUT2D eigenvalue weighted by Gasteiger charge is -2.38. The van der Waals surface area contributed by atoms with E-state index >= 15 is 0 Å². The number of piperazine rings is 1. The van der Waals surface area contributed by atoms with Crippen molar-refractivity contribution in [1.29, 1.82) is 0 Å². The SMILES string of the molecule is C=CC(=O)N1CCN(c2nc(O[C@H](C)CN3CCC(OCCOCCOCCOCCOCCOc4ccc(-c5csc([C@@H]6CCCN6C(=O)[C@@H](NC(=O)[C@H](C)NC)C6CCCCC6)n5)c5ccccc45)CC3)nc3c2CCN(c2cc(O)cc4ccccc24)C3)CC1. The number of fused-ring (bicyclic) bond motifs is 3. The van der Waals surface area contributed by atoms with Crippen LogP contribution in [-0.2, 0) is 51.0 Å². The van der Waals surface area contributed by atoms with Gasteiger partial charge in [-0.2, -0.15) is 9.97 Å². The Morgan fingerprint density at radius 1 is 0.720 bits per heavy atom. The Morgan fingerprint density at radius 3 is 2.13 bits per heavy atom. The predicted molar refractivity (Wildman–Crippen MR) is 361 cm³/mol. The normalized spacial score (nSPS) is 18.6. The third kappa shape index (κ3) is 17.5. The third-order valence-corrected chi connectivity index (χ3v) is 19.8. The van der Waals surface area contributed by atoms with E-state index in [0.29, 0.717) is 111 Å². The molecule has 2 aromatic heterocycles. The molecule has 0 unspecified atom stereocenters. The summed E-state index contributed by atoms with van der Waals surface area (Å²) in [5.41, 5.74) is 4.87. The van der Waals surface area contributed by atoms with Gasteiger partial charge in [0.05, 0.1) is 95.6 Å². The van der Waals surface area contributed by atoms with E-state index in [1.165, 1.54) is 12.5 Å². The molecule has 6 heterocycles. The lowest BCUT2D eigenvalue weighted by atomic mass is 9.83. The largest absolute Gasteiger partial charge is 0.508 e. The number of piperidine rings is 1. The topological polar surface area (TPSA) is 215 Å². The maximum absolute atomic E-state index is 14.4. The van der Waals surface area contributed by atoms with Crippen molar-refractivity contribution in [1.82, 2.24) is 40.3 Å². The van der Waals surface area contributed by atoms with Crippen LogP contribution in [0.4, 0.5) is 11.5 Å². The van der Waals surface area contributed by atoms with Gasteiger partial charge in [0.2, 0.25) is 17.7 Å². The molecule has 21 nitrogen and oxygen atoms in total. The van der Waals surface area contributed by atoms with Crippen molar-refractivity contribution >= 4 is 62.1 Å². The van der Waals surface area contributed by atoms with E-state index in [0.717, 1.165) is 150 Å². The van der Waals surface area contributed by atoms with E-state index in [1.54, 1.807) is 24.5 Å². The molecule has 5 aliphatic rings. The molecule has 500 valence electrons. The molecule has 93 heavy (non-hydrogen) atoms. The number of phenols is 1. The van der Waals surface area contributed by atoms with Gasteiger partial charge in [-0.25, -0.2) is 4.98 Å². The zero-order valence-electron chi connectivity index (χ0n) is 54.5. The number of carbonyl (C=O) groups excluding carboxylic acids is 3. The quantitative estimate of drug-likeness (QED) is 0.0274. The molecule has 1 aliphatic carbocycles. The highest BCUT2D eigenvalue weighted by atomic mass is 32.1. The van der Waals surface area contributed by atoms with Gasteiger partial charge in [0, 0.05) is 97.9 Å². The first-order valence-electron chi connectivity index (χ1n) is 33.7. The van der Waals surface area contributed by atoms with Crippen LogP contribution in [0.2, 0.25) is 0 Å². The zero-order chi connectivity index (χ0) is 64.5. The summed E-state index contributed by atoms with van der Waals surface area (Å²) >= 11 is 1.60. The summed E-state index contributed by atoms with van der Waals surface area (Å²) in [6.07, 6.45) is 11.0. The molecule has 6 aromatic rings. The van der Waals surface area contributed by atoms with Gasteiger partial charge in [0.25, 0.3) is 0 Å². The number of nitrogens with one attached hydrogen (secondary N) is 2. The summed E-state index contributed by atoms with van der Waals surface area (Å²) in [6, 6.07) is 23.4. The second-order valence-electron chi connectivity index (χ2n) is 25.0. The molecule has 22 heteroatoms. The number of likely N-dealkylation sites (tertiary alicyclic amines) is 2. The van der Waals surface area contributed by atoms with Gasteiger partial charge in [-0.3, -0.25) is 19.3 Å². The van der Waals surface area contributed by atoms with Crippen LogP contribution < -0.4 is 29.9 Å². The number of carbonyl (C=O) groups is 3. The van der Waals surface area contributed by atoms with E-state index < -0.39 is 6.04 Å². The molecule has 0 radical (unpaired) electrons. The van der Waals surface area contributed by atoms with E-state index in [-0.39, 0.29) is 53.7 Å². The highest BCUT2D eigenvalue weighted by molar-refractivity contribution is 7.10. The number of phenolic OH excluding ortho intramolecular Hbond substituents is 1. The lowest BCUT2D eigenvalue weighted by Crippen LogP contribution is -2.55.